The van der Waals surface area contributed by atoms with Gasteiger partial charge in [0.1, 0.15) is 21.6 Å². The maximum atomic E-state index is 12.7. The van der Waals surface area contributed by atoms with Gasteiger partial charge in [0.15, 0.2) is 0 Å². The molecule has 1 aromatic rings. The summed E-state index contributed by atoms with van der Waals surface area (Å²) in [6, 6.07) is 0. The Hall–Kier alpha value is -2.09. The molecule has 0 atom stereocenters. The van der Waals surface area contributed by atoms with Crippen LogP contribution in [-0.2, 0) is 14.2 Å². The SMILES string of the molecule is CCOC(=O)c1c(NC(=O)OC(C)(C)C)sc(C(=O)OC2CCCCC2)c1C. The second-order valence-electron chi connectivity index (χ2n) is 7.77. The van der Waals surface area contributed by atoms with Gasteiger partial charge in [0, 0.05) is 0 Å². The number of hydrogen-bond donors (Lipinski definition) is 1. The third-order valence-electron chi connectivity index (χ3n) is 4.25. The van der Waals surface area contributed by atoms with Crippen molar-refractivity contribution in [2.45, 2.75) is 78.4 Å². The lowest BCUT2D eigenvalue weighted by Gasteiger charge is -2.21. The summed E-state index contributed by atoms with van der Waals surface area (Å²) < 4.78 is 16.0. The Morgan fingerprint density at radius 2 is 1.75 bits per heavy atom. The lowest BCUT2D eigenvalue weighted by Crippen LogP contribution is -2.27. The maximum Gasteiger partial charge on any atom is 0.412 e. The summed E-state index contributed by atoms with van der Waals surface area (Å²) in [5, 5.41) is 2.80. The van der Waals surface area contributed by atoms with Gasteiger partial charge in [-0.2, -0.15) is 0 Å². The maximum absolute atomic E-state index is 12.7. The van der Waals surface area contributed by atoms with Crippen molar-refractivity contribution in [3.63, 3.8) is 0 Å². The van der Waals surface area contributed by atoms with Crippen molar-refractivity contribution < 1.29 is 28.6 Å². The van der Waals surface area contributed by atoms with E-state index in [-0.39, 0.29) is 23.3 Å². The molecule has 1 heterocycles. The Kier molecular flexibility index (Phi) is 7.46. The normalized spacial score (nSPS) is 15.0. The van der Waals surface area contributed by atoms with Crippen LogP contribution in [0.4, 0.5) is 9.80 Å². The van der Waals surface area contributed by atoms with Crippen LogP contribution in [0, 0.1) is 6.92 Å². The topological polar surface area (TPSA) is 90.9 Å². The van der Waals surface area contributed by atoms with Gasteiger partial charge in [-0.25, -0.2) is 14.4 Å². The molecule has 7 nitrogen and oxygen atoms in total. The molecule has 1 aliphatic carbocycles. The van der Waals surface area contributed by atoms with Gasteiger partial charge in [0.2, 0.25) is 0 Å². The Morgan fingerprint density at radius 1 is 1.11 bits per heavy atom. The van der Waals surface area contributed by atoms with Crippen LogP contribution in [-0.4, -0.2) is 36.3 Å². The first-order valence-corrected chi connectivity index (χ1v) is 10.5. The molecule has 0 radical (unpaired) electrons. The van der Waals surface area contributed by atoms with Crippen molar-refractivity contribution in [1.82, 2.24) is 0 Å². The summed E-state index contributed by atoms with van der Waals surface area (Å²) in [6.45, 7) is 8.75. The van der Waals surface area contributed by atoms with E-state index >= 15 is 0 Å². The molecule has 28 heavy (non-hydrogen) atoms. The number of nitrogens with one attached hydrogen (secondary N) is 1. The molecule has 0 unspecified atom stereocenters. The quantitative estimate of drug-likeness (QED) is 0.537. The van der Waals surface area contributed by atoms with E-state index < -0.39 is 23.6 Å². The monoisotopic (exact) mass is 411 g/mol. The Labute approximate surface area is 169 Å². The van der Waals surface area contributed by atoms with Gasteiger partial charge >= 0.3 is 18.0 Å². The van der Waals surface area contributed by atoms with Gasteiger partial charge in [-0.3, -0.25) is 5.32 Å². The number of carbonyl (C=O) groups is 3. The molecular formula is C20H29NO6S. The molecule has 2 rings (SSSR count). The van der Waals surface area contributed by atoms with E-state index in [4.69, 9.17) is 14.2 Å². The first-order chi connectivity index (χ1) is 13.1. The van der Waals surface area contributed by atoms with E-state index in [0.717, 1.165) is 43.4 Å². The minimum Gasteiger partial charge on any atom is -0.462 e. The molecule has 1 N–H and O–H groups in total. The van der Waals surface area contributed by atoms with Crippen molar-refractivity contribution in [3.8, 4) is 0 Å². The molecule has 156 valence electrons. The number of anilines is 1. The predicted octanol–water partition coefficient (Wildman–Crippen LogP) is 5.07. The predicted molar refractivity (Wildman–Crippen MR) is 107 cm³/mol. The van der Waals surface area contributed by atoms with E-state index in [2.05, 4.69) is 5.32 Å². The first kappa shape index (κ1) is 22.2. The van der Waals surface area contributed by atoms with Crippen LogP contribution in [0.5, 0.6) is 0 Å². The van der Waals surface area contributed by atoms with E-state index in [1.165, 1.54) is 0 Å². The number of carbonyl (C=O) groups excluding carboxylic acids is 3. The summed E-state index contributed by atoms with van der Waals surface area (Å²) in [6.07, 6.45) is 4.14. The number of rotatable bonds is 5. The fourth-order valence-electron chi connectivity index (χ4n) is 3.03. The second kappa shape index (κ2) is 9.41. The van der Waals surface area contributed by atoms with Crippen LogP contribution in [0.3, 0.4) is 0 Å². The number of ether oxygens (including phenoxy) is 3. The Bertz CT molecular complexity index is 728. The molecule has 0 spiro atoms. The zero-order valence-corrected chi connectivity index (χ0v) is 18.0. The van der Waals surface area contributed by atoms with Crippen LogP contribution in [0.2, 0.25) is 0 Å². The molecule has 0 bridgehead atoms. The average Bonchev–Trinajstić information content (AvgIpc) is 2.90. The van der Waals surface area contributed by atoms with Crippen LogP contribution in [0.25, 0.3) is 0 Å². The van der Waals surface area contributed by atoms with Gasteiger partial charge in [-0.15, -0.1) is 11.3 Å². The van der Waals surface area contributed by atoms with E-state index in [9.17, 15) is 14.4 Å². The van der Waals surface area contributed by atoms with Crippen molar-refractivity contribution >= 4 is 34.4 Å². The number of thiophene rings is 1. The van der Waals surface area contributed by atoms with Gasteiger partial charge < -0.3 is 14.2 Å². The fraction of sp³-hybridized carbons (Fsp3) is 0.650. The van der Waals surface area contributed by atoms with E-state index in [1.807, 2.05) is 0 Å². The van der Waals surface area contributed by atoms with Gasteiger partial charge in [-0.05, 0) is 65.9 Å². The number of amides is 1. The minimum atomic E-state index is -0.702. The molecule has 0 aromatic carbocycles. The van der Waals surface area contributed by atoms with Crippen molar-refractivity contribution in [2.24, 2.45) is 0 Å². The summed E-state index contributed by atoms with van der Waals surface area (Å²) in [5.41, 5.74) is -0.0907. The van der Waals surface area contributed by atoms with E-state index in [1.54, 1.807) is 34.6 Å². The van der Waals surface area contributed by atoms with Crippen molar-refractivity contribution in [2.75, 3.05) is 11.9 Å². The summed E-state index contributed by atoms with van der Waals surface area (Å²) >= 11 is 1.00. The molecule has 1 aromatic heterocycles. The zero-order chi connectivity index (χ0) is 20.9. The molecule has 1 aliphatic rings. The standard InChI is InChI=1S/C20H29NO6S/c1-6-25-17(22)14-12(2)15(18(23)26-13-10-8-7-9-11-13)28-16(14)21-19(24)27-20(3,4)5/h13H,6-11H2,1-5H3,(H,21,24). The van der Waals surface area contributed by atoms with Crippen molar-refractivity contribution in [1.29, 1.82) is 0 Å². The van der Waals surface area contributed by atoms with Crippen LogP contribution in [0.1, 0.15) is 85.4 Å². The Balaban J connectivity index is 2.27. The molecule has 0 saturated heterocycles. The second-order valence-corrected chi connectivity index (χ2v) is 8.79. The molecule has 1 saturated carbocycles. The van der Waals surface area contributed by atoms with E-state index in [0.29, 0.717) is 10.4 Å². The van der Waals surface area contributed by atoms with Gasteiger partial charge in [0.25, 0.3) is 0 Å². The molecule has 1 fully saturated rings. The minimum absolute atomic E-state index is 0.101. The highest BCUT2D eigenvalue weighted by atomic mass is 32.1. The first-order valence-electron chi connectivity index (χ1n) is 9.64. The molecule has 8 heteroatoms. The number of esters is 2. The largest absolute Gasteiger partial charge is 0.462 e. The lowest BCUT2D eigenvalue weighted by molar-refractivity contribution is 0.0216. The summed E-state index contributed by atoms with van der Waals surface area (Å²) in [5.74, 6) is -1.07. The van der Waals surface area contributed by atoms with Gasteiger partial charge in [-0.1, -0.05) is 6.42 Å². The van der Waals surface area contributed by atoms with Crippen LogP contribution < -0.4 is 5.32 Å². The highest BCUT2D eigenvalue weighted by Gasteiger charge is 2.30. The molecule has 1 amide bonds. The third-order valence-corrected chi connectivity index (χ3v) is 5.44. The lowest BCUT2D eigenvalue weighted by atomic mass is 9.98. The third kappa shape index (κ3) is 5.95. The summed E-state index contributed by atoms with van der Waals surface area (Å²) in [7, 11) is 0. The van der Waals surface area contributed by atoms with Crippen LogP contribution >= 0.6 is 11.3 Å². The van der Waals surface area contributed by atoms with Crippen LogP contribution in [0.15, 0.2) is 0 Å². The zero-order valence-electron chi connectivity index (χ0n) is 17.2. The highest BCUT2D eigenvalue weighted by molar-refractivity contribution is 7.18. The highest BCUT2D eigenvalue weighted by Crippen LogP contribution is 2.35. The molecule has 0 aliphatic heterocycles. The smallest absolute Gasteiger partial charge is 0.412 e. The van der Waals surface area contributed by atoms with Crippen molar-refractivity contribution in [3.05, 3.63) is 16.0 Å². The summed E-state index contributed by atoms with van der Waals surface area (Å²) in [4.78, 5) is 37.6. The molecular weight excluding hydrogens is 382 g/mol. The number of hydrogen-bond acceptors (Lipinski definition) is 7. The average molecular weight is 412 g/mol. The fourth-order valence-corrected chi connectivity index (χ4v) is 4.09. The Morgan fingerprint density at radius 3 is 2.32 bits per heavy atom. The van der Waals surface area contributed by atoms with Gasteiger partial charge in [0.05, 0.1) is 12.2 Å².